The summed E-state index contributed by atoms with van der Waals surface area (Å²) in [6, 6.07) is 10.3. The van der Waals surface area contributed by atoms with Crippen molar-refractivity contribution < 1.29 is 4.79 Å². The lowest BCUT2D eigenvalue weighted by atomic mass is 10.0. The van der Waals surface area contributed by atoms with Crippen LogP contribution in [-0.2, 0) is 24.7 Å². The molecule has 0 bridgehead atoms. The maximum atomic E-state index is 12.3. The largest absolute Gasteiger partial charge is 0.342 e. The predicted molar refractivity (Wildman–Crippen MR) is 90.9 cm³/mol. The number of fused-ring (bicyclic) bond motifs is 1. The summed E-state index contributed by atoms with van der Waals surface area (Å²) >= 11 is 0. The Morgan fingerprint density at radius 2 is 1.96 bits per heavy atom. The van der Waals surface area contributed by atoms with Crippen LogP contribution in [0.5, 0.6) is 0 Å². The Balaban J connectivity index is 1.82. The first-order valence-corrected chi connectivity index (χ1v) is 8.28. The molecule has 0 atom stereocenters. The van der Waals surface area contributed by atoms with Gasteiger partial charge in [0.25, 0.3) is 0 Å². The van der Waals surface area contributed by atoms with Gasteiger partial charge in [0.1, 0.15) is 0 Å². The smallest absolute Gasteiger partial charge is 0.222 e. The highest BCUT2D eigenvalue weighted by Gasteiger charge is 2.24. The number of aryl methyl sites for hydroxylation is 1. The van der Waals surface area contributed by atoms with Crippen molar-refractivity contribution in [1.29, 1.82) is 0 Å². The molecule has 2 N–H and O–H groups in total. The summed E-state index contributed by atoms with van der Waals surface area (Å²) in [6.45, 7) is 2.11. The Bertz CT molecular complexity index is 678. The van der Waals surface area contributed by atoms with Gasteiger partial charge in [0.05, 0.1) is 5.69 Å². The van der Waals surface area contributed by atoms with E-state index in [0.717, 1.165) is 43.6 Å². The molecule has 5 nitrogen and oxygen atoms in total. The van der Waals surface area contributed by atoms with Crippen LogP contribution in [0.3, 0.4) is 0 Å². The fourth-order valence-electron chi connectivity index (χ4n) is 3.27. The molecule has 23 heavy (non-hydrogen) atoms. The van der Waals surface area contributed by atoms with Crippen molar-refractivity contribution >= 4 is 5.91 Å². The van der Waals surface area contributed by atoms with Gasteiger partial charge in [-0.15, -0.1) is 0 Å². The number of nitrogens with two attached hydrogens (primary N) is 1. The number of carbonyl (C=O) groups excluding carboxylic acids is 1. The van der Waals surface area contributed by atoms with Gasteiger partial charge in [-0.25, -0.2) is 0 Å². The van der Waals surface area contributed by atoms with Gasteiger partial charge in [0.15, 0.2) is 0 Å². The number of hydrogen-bond acceptors (Lipinski definition) is 3. The summed E-state index contributed by atoms with van der Waals surface area (Å²) in [4.78, 5) is 14.2. The van der Waals surface area contributed by atoms with Gasteiger partial charge >= 0.3 is 0 Å². The Hall–Kier alpha value is -2.14. The molecule has 3 rings (SSSR count). The minimum Gasteiger partial charge on any atom is -0.342 e. The highest BCUT2D eigenvalue weighted by Crippen LogP contribution is 2.28. The molecule has 0 radical (unpaired) electrons. The van der Waals surface area contributed by atoms with E-state index in [0.29, 0.717) is 13.0 Å². The third kappa shape index (κ3) is 3.29. The fourth-order valence-corrected chi connectivity index (χ4v) is 3.27. The van der Waals surface area contributed by atoms with Crippen molar-refractivity contribution in [2.75, 3.05) is 19.6 Å². The van der Waals surface area contributed by atoms with E-state index in [1.165, 1.54) is 11.3 Å². The van der Waals surface area contributed by atoms with Crippen LogP contribution in [-0.4, -0.2) is 40.2 Å². The van der Waals surface area contributed by atoms with Gasteiger partial charge in [-0.1, -0.05) is 30.3 Å². The van der Waals surface area contributed by atoms with Crippen molar-refractivity contribution in [2.24, 2.45) is 12.8 Å². The summed E-state index contributed by atoms with van der Waals surface area (Å²) in [5.74, 6) is 0.220. The SMILES string of the molecule is Cn1nc(-c2ccccc2)c2c1CCN(C(=O)CCCN)CC2. The summed E-state index contributed by atoms with van der Waals surface area (Å²) in [7, 11) is 2.00. The topological polar surface area (TPSA) is 64.2 Å². The van der Waals surface area contributed by atoms with Crippen molar-refractivity contribution in [1.82, 2.24) is 14.7 Å². The third-order valence-electron chi connectivity index (χ3n) is 4.52. The highest BCUT2D eigenvalue weighted by atomic mass is 16.2. The molecule has 1 aromatic carbocycles. The molecule has 0 spiro atoms. The Kier molecular flexibility index (Phi) is 4.76. The molecule has 1 amide bonds. The number of aromatic nitrogens is 2. The van der Waals surface area contributed by atoms with E-state index >= 15 is 0 Å². The monoisotopic (exact) mass is 312 g/mol. The normalized spacial score (nSPS) is 14.4. The van der Waals surface area contributed by atoms with Gasteiger partial charge in [-0.2, -0.15) is 5.10 Å². The number of rotatable bonds is 4. The van der Waals surface area contributed by atoms with Crippen molar-refractivity contribution in [2.45, 2.75) is 25.7 Å². The van der Waals surface area contributed by atoms with Crippen LogP contribution < -0.4 is 5.73 Å². The molecule has 0 saturated heterocycles. The summed E-state index contributed by atoms with van der Waals surface area (Å²) in [5.41, 5.74) is 10.2. The minimum absolute atomic E-state index is 0.220. The number of carbonyl (C=O) groups is 1. The molecule has 1 aliphatic rings. The standard InChI is InChI=1S/C18H24N4O/c1-21-16-10-13-22(17(23)8-5-11-19)12-9-15(16)18(20-21)14-6-3-2-4-7-14/h2-4,6-7H,5,8-13,19H2,1H3. The van der Waals surface area contributed by atoms with Crippen LogP contribution in [0.25, 0.3) is 11.3 Å². The Labute approximate surface area is 137 Å². The molecule has 0 unspecified atom stereocenters. The van der Waals surface area contributed by atoms with Crippen LogP contribution in [0.2, 0.25) is 0 Å². The summed E-state index contributed by atoms with van der Waals surface area (Å²) in [5, 5.41) is 4.72. The zero-order valence-corrected chi connectivity index (χ0v) is 13.7. The number of hydrogen-bond donors (Lipinski definition) is 1. The molecule has 1 aliphatic heterocycles. The quantitative estimate of drug-likeness (QED) is 0.935. The molecule has 2 aromatic rings. The van der Waals surface area contributed by atoms with E-state index in [9.17, 15) is 4.79 Å². The third-order valence-corrected chi connectivity index (χ3v) is 4.52. The maximum Gasteiger partial charge on any atom is 0.222 e. The van der Waals surface area contributed by atoms with Crippen molar-refractivity contribution in [3.63, 3.8) is 0 Å². The van der Waals surface area contributed by atoms with Gasteiger partial charge in [0.2, 0.25) is 5.91 Å². The second-order valence-corrected chi connectivity index (χ2v) is 6.04. The summed E-state index contributed by atoms with van der Waals surface area (Å²) in [6.07, 6.45) is 3.04. The molecule has 122 valence electrons. The first-order valence-electron chi connectivity index (χ1n) is 8.28. The Morgan fingerprint density at radius 1 is 1.22 bits per heavy atom. The van der Waals surface area contributed by atoms with Crippen LogP contribution in [0, 0.1) is 0 Å². The zero-order valence-electron chi connectivity index (χ0n) is 13.7. The molecule has 0 fully saturated rings. The van der Waals surface area contributed by atoms with Crippen molar-refractivity contribution in [3.05, 3.63) is 41.6 Å². The van der Waals surface area contributed by atoms with E-state index in [2.05, 4.69) is 12.1 Å². The van der Waals surface area contributed by atoms with Crippen LogP contribution in [0.1, 0.15) is 24.1 Å². The lowest BCUT2D eigenvalue weighted by Crippen LogP contribution is -2.33. The fraction of sp³-hybridized carbons (Fsp3) is 0.444. The lowest BCUT2D eigenvalue weighted by molar-refractivity contribution is -0.131. The average Bonchev–Trinajstić information content (AvgIpc) is 2.75. The second-order valence-electron chi connectivity index (χ2n) is 6.04. The predicted octanol–water partition coefficient (Wildman–Crippen LogP) is 1.75. The van der Waals surface area contributed by atoms with Crippen LogP contribution in [0.4, 0.5) is 0 Å². The van der Waals surface area contributed by atoms with E-state index in [1.54, 1.807) is 0 Å². The lowest BCUT2D eigenvalue weighted by Gasteiger charge is -2.20. The van der Waals surface area contributed by atoms with Crippen molar-refractivity contribution in [3.8, 4) is 11.3 Å². The van der Waals surface area contributed by atoms with E-state index in [1.807, 2.05) is 34.8 Å². The van der Waals surface area contributed by atoms with Gasteiger partial charge in [-0.05, 0) is 19.4 Å². The minimum atomic E-state index is 0.220. The van der Waals surface area contributed by atoms with Gasteiger partial charge in [-0.3, -0.25) is 9.48 Å². The van der Waals surface area contributed by atoms with E-state index in [-0.39, 0.29) is 5.91 Å². The van der Waals surface area contributed by atoms with E-state index in [4.69, 9.17) is 10.8 Å². The number of benzene rings is 1. The van der Waals surface area contributed by atoms with Gasteiger partial charge in [0, 0.05) is 49.8 Å². The molecule has 5 heteroatoms. The molecule has 0 aliphatic carbocycles. The molecule has 2 heterocycles. The second kappa shape index (κ2) is 6.96. The molecular weight excluding hydrogens is 288 g/mol. The highest BCUT2D eigenvalue weighted by molar-refractivity contribution is 5.76. The molecular formula is C18H24N4O. The summed E-state index contributed by atoms with van der Waals surface area (Å²) < 4.78 is 1.98. The van der Waals surface area contributed by atoms with Gasteiger partial charge < -0.3 is 10.6 Å². The molecule has 1 aromatic heterocycles. The van der Waals surface area contributed by atoms with E-state index < -0.39 is 0 Å². The zero-order chi connectivity index (χ0) is 16.2. The first kappa shape index (κ1) is 15.7. The first-order chi connectivity index (χ1) is 11.2. The average molecular weight is 312 g/mol. The van der Waals surface area contributed by atoms with Crippen LogP contribution in [0.15, 0.2) is 30.3 Å². The molecule has 0 saturated carbocycles. The Morgan fingerprint density at radius 3 is 2.70 bits per heavy atom. The number of nitrogens with zero attached hydrogens (tertiary/aromatic N) is 3. The van der Waals surface area contributed by atoms with Crippen LogP contribution >= 0.6 is 0 Å². The maximum absolute atomic E-state index is 12.3. The number of amides is 1.